The number of hydrogen-bond acceptors (Lipinski definition) is 3. The molecule has 1 aromatic rings. The SMILES string of the molecule is CC(C)N(C)Cc1ccccc1CNS(C)(=O)=O. The van der Waals surface area contributed by atoms with Crippen molar-refractivity contribution in [2.75, 3.05) is 13.3 Å². The smallest absolute Gasteiger partial charge is 0.209 e. The Morgan fingerprint density at radius 1 is 1.22 bits per heavy atom. The Hall–Kier alpha value is -0.910. The standard InChI is InChI=1S/C13H22N2O2S/c1-11(2)15(3)10-13-8-6-5-7-12(13)9-14-18(4,16)17/h5-8,11,14H,9-10H2,1-4H3. The van der Waals surface area contributed by atoms with Gasteiger partial charge in [-0.25, -0.2) is 13.1 Å². The highest BCUT2D eigenvalue weighted by molar-refractivity contribution is 7.88. The minimum atomic E-state index is -3.15. The van der Waals surface area contributed by atoms with E-state index >= 15 is 0 Å². The van der Waals surface area contributed by atoms with E-state index in [1.54, 1.807) is 0 Å². The molecule has 0 fully saturated rings. The average Bonchev–Trinajstić information content (AvgIpc) is 2.26. The van der Waals surface area contributed by atoms with Crippen LogP contribution in [0.1, 0.15) is 25.0 Å². The molecule has 18 heavy (non-hydrogen) atoms. The number of nitrogens with zero attached hydrogens (tertiary/aromatic N) is 1. The molecule has 1 N–H and O–H groups in total. The van der Waals surface area contributed by atoms with Crippen molar-refractivity contribution in [3.8, 4) is 0 Å². The maximum Gasteiger partial charge on any atom is 0.209 e. The summed E-state index contributed by atoms with van der Waals surface area (Å²) in [7, 11) is -1.09. The first-order chi connectivity index (χ1) is 8.29. The van der Waals surface area contributed by atoms with Crippen LogP contribution in [0.3, 0.4) is 0 Å². The Kier molecular flexibility index (Phi) is 5.31. The molecular formula is C13H22N2O2S. The molecule has 0 heterocycles. The van der Waals surface area contributed by atoms with E-state index in [0.717, 1.165) is 17.7 Å². The quantitative estimate of drug-likeness (QED) is 0.854. The van der Waals surface area contributed by atoms with Crippen molar-refractivity contribution in [2.45, 2.75) is 33.0 Å². The zero-order chi connectivity index (χ0) is 13.8. The lowest BCUT2D eigenvalue weighted by Crippen LogP contribution is -2.27. The molecule has 0 unspecified atom stereocenters. The van der Waals surface area contributed by atoms with Gasteiger partial charge in [-0.2, -0.15) is 0 Å². The number of nitrogens with one attached hydrogen (secondary N) is 1. The van der Waals surface area contributed by atoms with Gasteiger partial charge in [0.2, 0.25) is 10.0 Å². The fourth-order valence-corrected chi connectivity index (χ4v) is 1.96. The molecule has 0 aliphatic carbocycles. The molecule has 0 aromatic heterocycles. The zero-order valence-electron chi connectivity index (χ0n) is 11.5. The van der Waals surface area contributed by atoms with E-state index in [-0.39, 0.29) is 0 Å². The largest absolute Gasteiger partial charge is 0.300 e. The summed E-state index contributed by atoms with van der Waals surface area (Å²) in [6.45, 7) is 5.44. The zero-order valence-corrected chi connectivity index (χ0v) is 12.3. The average molecular weight is 270 g/mol. The molecule has 1 rings (SSSR count). The minimum absolute atomic E-state index is 0.348. The molecule has 102 valence electrons. The molecule has 0 aliphatic rings. The van der Waals surface area contributed by atoms with Crippen LogP contribution < -0.4 is 4.72 Å². The normalized spacial score (nSPS) is 12.3. The van der Waals surface area contributed by atoms with Crippen molar-refractivity contribution >= 4 is 10.0 Å². The second-order valence-electron chi connectivity index (χ2n) is 4.87. The van der Waals surface area contributed by atoms with Crippen LogP contribution in [0.2, 0.25) is 0 Å². The van der Waals surface area contributed by atoms with Gasteiger partial charge in [-0.1, -0.05) is 24.3 Å². The molecule has 0 saturated heterocycles. The number of hydrogen-bond donors (Lipinski definition) is 1. The number of sulfonamides is 1. The van der Waals surface area contributed by atoms with Crippen molar-refractivity contribution in [3.63, 3.8) is 0 Å². The van der Waals surface area contributed by atoms with Crippen LogP contribution in [0.4, 0.5) is 0 Å². The van der Waals surface area contributed by atoms with Crippen LogP contribution in [0, 0.1) is 0 Å². The van der Waals surface area contributed by atoms with Gasteiger partial charge in [0, 0.05) is 19.1 Å². The third kappa shape index (κ3) is 5.16. The lowest BCUT2D eigenvalue weighted by atomic mass is 10.1. The Labute approximate surface area is 110 Å². The van der Waals surface area contributed by atoms with Crippen LogP contribution in [0.5, 0.6) is 0 Å². The van der Waals surface area contributed by atoms with Crippen LogP contribution in [0.15, 0.2) is 24.3 Å². The van der Waals surface area contributed by atoms with E-state index in [4.69, 9.17) is 0 Å². The highest BCUT2D eigenvalue weighted by Crippen LogP contribution is 2.12. The lowest BCUT2D eigenvalue weighted by molar-refractivity contribution is 0.265. The van der Waals surface area contributed by atoms with E-state index in [1.165, 1.54) is 6.26 Å². The molecule has 0 aliphatic heterocycles. The summed E-state index contributed by atoms with van der Waals surface area (Å²) >= 11 is 0. The predicted octanol–water partition coefficient (Wildman–Crippen LogP) is 1.58. The van der Waals surface area contributed by atoms with Gasteiger partial charge in [0.15, 0.2) is 0 Å². The molecule has 4 nitrogen and oxygen atoms in total. The maximum absolute atomic E-state index is 11.1. The molecule has 1 aromatic carbocycles. The highest BCUT2D eigenvalue weighted by atomic mass is 32.2. The Morgan fingerprint density at radius 2 is 1.78 bits per heavy atom. The molecule has 0 spiro atoms. The van der Waals surface area contributed by atoms with Crippen LogP contribution in [-0.4, -0.2) is 32.7 Å². The van der Waals surface area contributed by atoms with E-state index < -0.39 is 10.0 Å². The summed E-state index contributed by atoms with van der Waals surface area (Å²) in [5.74, 6) is 0. The third-order valence-corrected chi connectivity index (χ3v) is 3.61. The first-order valence-electron chi connectivity index (χ1n) is 6.01. The van der Waals surface area contributed by atoms with Crippen molar-refractivity contribution in [1.29, 1.82) is 0 Å². The lowest BCUT2D eigenvalue weighted by Gasteiger charge is -2.22. The minimum Gasteiger partial charge on any atom is -0.300 e. The second-order valence-corrected chi connectivity index (χ2v) is 6.70. The van der Waals surface area contributed by atoms with E-state index in [1.807, 2.05) is 24.3 Å². The van der Waals surface area contributed by atoms with Crippen molar-refractivity contribution in [1.82, 2.24) is 9.62 Å². The van der Waals surface area contributed by atoms with Crippen LogP contribution in [0.25, 0.3) is 0 Å². The molecule has 0 bridgehead atoms. The van der Waals surface area contributed by atoms with E-state index in [2.05, 4.69) is 30.5 Å². The molecule has 0 radical (unpaired) electrons. The van der Waals surface area contributed by atoms with Crippen molar-refractivity contribution in [3.05, 3.63) is 35.4 Å². The molecule has 5 heteroatoms. The maximum atomic E-state index is 11.1. The molecule has 0 saturated carbocycles. The van der Waals surface area contributed by atoms with Gasteiger partial charge in [-0.3, -0.25) is 4.90 Å². The summed E-state index contributed by atoms with van der Waals surface area (Å²) in [4.78, 5) is 2.22. The van der Waals surface area contributed by atoms with Gasteiger partial charge in [0.1, 0.15) is 0 Å². The van der Waals surface area contributed by atoms with E-state index in [0.29, 0.717) is 12.6 Å². The van der Waals surface area contributed by atoms with Gasteiger partial charge < -0.3 is 0 Å². The van der Waals surface area contributed by atoms with Crippen LogP contribution >= 0.6 is 0 Å². The van der Waals surface area contributed by atoms with Crippen molar-refractivity contribution in [2.24, 2.45) is 0 Å². The summed E-state index contributed by atoms with van der Waals surface area (Å²) in [6.07, 6.45) is 1.18. The predicted molar refractivity (Wildman–Crippen MR) is 74.7 cm³/mol. The summed E-state index contributed by atoms with van der Waals surface area (Å²) in [6, 6.07) is 8.37. The molecule has 0 atom stereocenters. The van der Waals surface area contributed by atoms with Gasteiger partial charge in [-0.15, -0.1) is 0 Å². The summed E-state index contributed by atoms with van der Waals surface area (Å²) in [5, 5.41) is 0. The molecule has 0 amide bonds. The second kappa shape index (κ2) is 6.31. The van der Waals surface area contributed by atoms with Gasteiger partial charge in [0.05, 0.1) is 6.26 Å². The highest BCUT2D eigenvalue weighted by Gasteiger charge is 2.09. The summed E-state index contributed by atoms with van der Waals surface area (Å²) < 4.78 is 24.8. The van der Waals surface area contributed by atoms with Gasteiger partial charge in [0.25, 0.3) is 0 Å². The number of benzene rings is 1. The first kappa shape index (κ1) is 15.1. The Morgan fingerprint density at radius 3 is 2.28 bits per heavy atom. The number of rotatable bonds is 6. The first-order valence-corrected chi connectivity index (χ1v) is 7.90. The monoisotopic (exact) mass is 270 g/mol. The van der Waals surface area contributed by atoms with Crippen LogP contribution in [-0.2, 0) is 23.1 Å². The Balaban J connectivity index is 2.79. The van der Waals surface area contributed by atoms with Gasteiger partial charge in [-0.05, 0) is 32.0 Å². The molecular weight excluding hydrogens is 248 g/mol. The van der Waals surface area contributed by atoms with E-state index in [9.17, 15) is 8.42 Å². The van der Waals surface area contributed by atoms with Crippen molar-refractivity contribution < 1.29 is 8.42 Å². The topological polar surface area (TPSA) is 49.4 Å². The summed E-state index contributed by atoms with van der Waals surface area (Å²) in [5.41, 5.74) is 2.18. The van der Waals surface area contributed by atoms with Gasteiger partial charge >= 0.3 is 0 Å². The Bertz CT molecular complexity index is 484. The third-order valence-electron chi connectivity index (χ3n) is 2.94. The fraction of sp³-hybridized carbons (Fsp3) is 0.538. The fourth-order valence-electron chi connectivity index (χ4n) is 1.54.